The standard InChI is InChI=1S/C28H23N3O5/c29-15-19-5-4-6-20(13-19)16-34-27(32)25-22(11-9-18-10-12-23-24(14-18)36-17-35-23)30-28(33)31-26(25)21-7-2-1-3-8-21/h1-8,10,12-14,26H,9,11,16-17H2,(H2,30,31,33). The molecule has 2 amide bonds. The number of rotatable bonds is 7. The fraction of sp³-hybridized carbons (Fsp3) is 0.179. The van der Waals surface area contributed by atoms with E-state index in [9.17, 15) is 9.59 Å². The van der Waals surface area contributed by atoms with Gasteiger partial charge in [-0.25, -0.2) is 9.59 Å². The second kappa shape index (κ2) is 10.2. The lowest BCUT2D eigenvalue weighted by Gasteiger charge is -2.29. The van der Waals surface area contributed by atoms with Crippen LogP contribution in [0.5, 0.6) is 11.5 Å². The third kappa shape index (κ3) is 5.00. The molecule has 8 nitrogen and oxygen atoms in total. The van der Waals surface area contributed by atoms with Gasteiger partial charge in [0.15, 0.2) is 11.5 Å². The smallest absolute Gasteiger partial charge is 0.338 e. The summed E-state index contributed by atoms with van der Waals surface area (Å²) >= 11 is 0. The molecular weight excluding hydrogens is 458 g/mol. The van der Waals surface area contributed by atoms with Gasteiger partial charge in [0.2, 0.25) is 6.79 Å². The van der Waals surface area contributed by atoms with Crippen molar-refractivity contribution in [3.8, 4) is 17.6 Å². The van der Waals surface area contributed by atoms with Gasteiger partial charge >= 0.3 is 12.0 Å². The second-order valence-corrected chi connectivity index (χ2v) is 8.41. The Kier molecular flexibility index (Phi) is 6.54. The largest absolute Gasteiger partial charge is 0.457 e. The van der Waals surface area contributed by atoms with Crippen LogP contribution in [0.25, 0.3) is 0 Å². The van der Waals surface area contributed by atoms with Crippen molar-refractivity contribution in [1.82, 2.24) is 10.6 Å². The maximum atomic E-state index is 13.4. The number of carbonyl (C=O) groups is 2. The van der Waals surface area contributed by atoms with E-state index in [-0.39, 0.29) is 19.4 Å². The molecule has 36 heavy (non-hydrogen) atoms. The lowest BCUT2D eigenvalue weighted by molar-refractivity contribution is -0.140. The molecule has 0 saturated heterocycles. The van der Waals surface area contributed by atoms with Gasteiger partial charge in [0.05, 0.1) is 23.2 Å². The number of urea groups is 1. The highest BCUT2D eigenvalue weighted by Crippen LogP contribution is 2.34. The first-order valence-electron chi connectivity index (χ1n) is 11.5. The molecule has 2 heterocycles. The molecule has 1 atom stereocenters. The van der Waals surface area contributed by atoms with Gasteiger partial charge in [0.1, 0.15) is 6.61 Å². The van der Waals surface area contributed by atoms with Crippen molar-refractivity contribution in [1.29, 1.82) is 5.26 Å². The van der Waals surface area contributed by atoms with Crippen LogP contribution in [-0.4, -0.2) is 18.8 Å². The molecule has 0 aliphatic carbocycles. The Bertz CT molecular complexity index is 1380. The summed E-state index contributed by atoms with van der Waals surface area (Å²) in [5, 5.41) is 14.8. The van der Waals surface area contributed by atoms with Crippen LogP contribution in [0, 0.1) is 11.3 Å². The number of esters is 1. The first kappa shape index (κ1) is 23.0. The lowest BCUT2D eigenvalue weighted by atomic mass is 9.93. The summed E-state index contributed by atoms with van der Waals surface area (Å²) in [4.78, 5) is 26.0. The van der Waals surface area contributed by atoms with Crippen molar-refractivity contribution in [3.05, 3.63) is 106 Å². The number of fused-ring (bicyclic) bond motifs is 1. The van der Waals surface area contributed by atoms with Crippen LogP contribution in [0.3, 0.4) is 0 Å². The van der Waals surface area contributed by atoms with Crippen molar-refractivity contribution in [2.75, 3.05) is 6.79 Å². The Labute approximate surface area is 208 Å². The molecule has 0 saturated carbocycles. The number of hydrogen-bond acceptors (Lipinski definition) is 6. The number of ether oxygens (including phenoxy) is 3. The van der Waals surface area contributed by atoms with Crippen LogP contribution in [0.2, 0.25) is 0 Å². The zero-order valence-corrected chi connectivity index (χ0v) is 19.3. The van der Waals surface area contributed by atoms with E-state index in [0.29, 0.717) is 46.7 Å². The number of amides is 2. The summed E-state index contributed by atoms with van der Waals surface area (Å²) in [7, 11) is 0. The number of nitriles is 1. The minimum atomic E-state index is -0.662. The molecule has 5 rings (SSSR count). The number of allylic oxidation sites excluding steroid dienone is 1. The first-order chi connectivity index (χ1) is 17.6. The summed E-state index contributed by atoms with van der Waals surface area (Å²) < 4.78 is 16.5. The zero-order chi connectivity index (χ0) is 24.9. The van der Waals surface area contributed by atoms with Crippen molar-refractivity contribution in [2.24, 2.45) is 0 Å². The van der Waals surface area contributed by atoms with Crippen molar-refractivity contribution in [2.45, 2.75) is 25.5 Å². The van der Waals surface area contributed by atoms with Gasteiger partial charge in [-0.15, -0.1) is 0 Å². The number of carbonyl (C=O) groups excluding carboxylic acids is 2. The van der Waals surface area contributed by atoms with Gasteiger partial charge < -0.3 is 24.8 Å². The van der Waals surface area contributed by atoms with Crippen molar-refractivity contribution < 1.29 is 23.8 Å². The Morgan fingerprint density at radius 1 is 0.972 bits per heavy atom. The third-order valence-corrected chi connectivity index (χ3v) is 6.03. The Hall–Kier alpha value is -4.77. The van der Waals surface area contributed by atoms with E-state index in [4.69, 9.17) is 19.5 Å². The molecule has 2 aliphatic rings. The SMILES string of the molecule is N#Cc1cccc(COC(=O)C2=C(CCc3ccc4c(c3)OCO4)NC(=O)NC2c2ccccc2)c1. The Morgan fingerprint density at radius 3 is 2.64 bits per heavy atom. The molecular formula is C28H23N3O5. The van der Waals surface area contributed by atoms with Gasteiger partial charge in [-0.2, -0.15) is 5.26 Å². The summed E-state index contributed by atoms with van der Waals surface area (Å²) in [6.07, 6.45) is 0.972. The molecule has 8 heteroatoms. The molecule has 180 valence electrons. The molecule has 0 bridgehead atoms. The number of benzene rings is 3. The molecule has 0 aromatic heterocycles. The van der Waals surface area contributed by atoms with Gasteiger partial charge in [0.25, 0.3) is 0 Å². The quantitative estimate of drug-likeness (QED) is 0.488. The van der Waals surface area contributed by atoms with Crippen molar-refractivity contribution >= 4 is 12.0 Å². The number of hydrogen-bond donors (Lipinski definition) is 2. The van der Waals surface area contributed by atoms with E-state index >= 15 is 0 Å². The monoisotopic (exact) mass is 481 g/mol. The topological polar surface area (TPSA) is 110 Å². The van der Waals surface area contributed by atoms with Crippen molar-refractivity contribution in [3.63, 3.8) is 0 Å². The van der Waals surface area contributed by atoms with E-state index in [1.165, 1.54) is 0 Å². The normalized spacial score (nSPS) is 16.1. The summed E-state index contributed by atoms with van der Waals surface area (Å²) in [6.45, 7) is 0.195. The average Bonchev–Trinajstić information content (AvgIpc) is 3.39. The first-order valence-corrected chi connectivity index (χ1v) is 11.5. The summed E-state index contributed by atoms with van der Waals surface area (Å²) in [5.74, 6) is 0.832. The Morgan fingerprint density at radius 2 is 1.81 bits per heavy atom. The van der Waals surface area contributed by atoms with Gasteiger partial charge in [-0.05, 0) is 53.8 Å². The van der Waals surface area contributed by atoms with E-state index < -0.39 is 12.0 Å². The molecule has 3 aromatic carbocycles. The maximum Gasteiger partial charge on any atom is 0.338 e. The number of nitrogens with one attached hydrogen (secondary N) is 2. The van der Waals surface area contributed by atoms with E-state index in [1.807, 2.05) is 48.5 Å². The van der Waals surface area contributed by atoms with Crippen LogP contribution in [-0.2, 0) is 22.6 Å². The molecule has 0 fully saturated rings. The second-order valence-electron chi connectivity index (χ2n) is 8.41. The number of aryl methyl sites for hydroxylation is 1. The highest BCUT2D eigenvalue weighted by atomic mass is 16.7. The predicted molar refractivity (Wildman–Crippen MR) is 130 cm³/mol. The van der Waals surface area contributed by atoms with Gasteiger partial charge in [-0.1, -0.05) is 48.5 Å². The predicted octanol–water partition coefficient (Wildman–Crippen LogP) is 4.27. The molecule has 1 unspecified atom stereocenters. The average molecular weight is 482 g/mol. The minimum Gasteiger partial charge on any atom is -0.457 e. The molecule has 0 spiro atoms. The highest BCUT2D eigenvalue weighted by molar-refractivity contribution is 5.95. The third-order valence-electron chi connectivity index (χ3n) is 6.03. The summed E-state index contributed by atoms with van der Waals surface area (Å²) in [5.41, 5.74) is 3.79. The summed E-state index contributed by atoms with van der Waals surface area (Å²) in [6, 6.07) is 22.9. The van der Waals surface area contributed by atoms with Gasteiger partial charge in [0, 0.05) is 5.70 Å². The lowest BCUT2D eigenvalue weighted by Crippen LogP contribution is -2.46. The molecule has 0 radical (unpaired) electrons. The molecule has 2 aliphatic heterocycles. The fourth-order valence-electron chi connectivity index (χ4n) is 4.27. The van der Waals surface area contributed by atoms with E-state index in [0.717, 1.165) is 11.1 Å². The minimum absolute atomic E-state index is 0.00273. The van der Waals surface area contributed by atoms with Crippen LogP contribution in [0.1, 0.15) is 34.7 Å². The highest BCUT2D eigenvalue weighted by Gasteiger charge is 2.33. The van der Waals surface area contributed by atoms with Crippen LogP contribution >= 0.6 is 0 Å². The molecule has 2 N–H and O–H groups in total. The van der Waals surface area contributed by atoms with Crippen LogP contribution in [0.4, 0.5) is 4.79 Å². The van der Waals surface area contributed by atoms with Crippen LogP contribution < -0.4 is 20.1 Å². The molecule has 3 aromatic rings. The van der Waals surface area contributed by atoms with Crippen LogP contribution in [0.15, 0.2) is 84.1 Å². The maximum absolute atomic E-state index is 13.4. The number of nitrogens with zero attached hydrogens (tertiary/aromatic N) is 1. The zero-order valence-electron chi connectivity index (χ0n) is 19.3. The van der Waals surface area contributed by atoms with E-state index in [1.54, 1.807) is 24.3 Å². The Balaban J connectivity index is 1.42. The van der Waals surface area contributed by atoms with E-state index in [2.05, 4.69) is 16.7 Å². The van der Waals surface area contributed by atoms with Gasteiger partial charge in [-0.3, -0.25) is 0 Å². The fourth-order valence-corrected chi connectivity index (χ4v) is 4.27.